The van der Waals surface area contributed by atoms with Crippen LogP contribution >= 0.6 is 11.8 Å². The zero-order valence-electron chi connectivity index (χ0n) is 10.8. The van der Waals surface area contributed by atoms with Crippen LogP contribution in [0.2, 0.25) is 0 Å². The molecule has 0 bridgehead atoms. The van der Waals surface area contributed by atoms with E-state index in [0.717, 1.165) is 24.3 Å². The molecule has 1 saturated heterocycles. The summed E-state index contributed by atoms with van der Waals surface area (Å²) in [7, 11) is 0. The van der Waals surface area contributed by atoms with Crippen LogP contribution in [0.4, 0.5) is 11.5 Å². The predicted molar refractivity (Wildman–Crippen MR) is 75.6 cm³/mol. The van der Waals surface area contributed by atoms with Crippen molar-refractivity contribution in [1.29, 1.82) is 0 Å². The molecule has 6 nitrogen and oxygen atoms in total. The third kappa shape index (κ3) is 3.57. The highest BCUT2D eigenvalue weighted by Gasteiger charge is 2.29. The van der Waals surface area contributed by atoms with E-state index in [2.05, 4.69) is 10.3 Å². The summed E-state index contributed by atoms with van der Waals surface area (Å²) in [5, 5.41) is 24.1. The van der Waals surface area contributed by atoms with Gasteiger partial charge in [0.05, 0.1) is 10.5 Å². The van der Waals surface area contributed by atoms with Crippen molar-refractivity contribution in [2.75, 3.05) is 23.4 Å². The molecule has 0 aromatic carbocycles. The van der Waals surface area contributed by atoms with Crippen molar-refractivity contribution in [2.45, 2.75) is 25.4 Å². The molecule has 104 valence electrons. The molecule has 0 spiro atoms. The summed E-state index contributed by atoms with van der Waals surface area (Å²) in [6.07, 6.45) is 2.77. The lowest BCUT2D eigenvalue weighted by Gasteiger charge is -2.32. The predicted octanol–water partition coefficient (Wildman–Crippen LogP) is 1.97. The number of nitrogens with one attached hydrogen (secondary N) is 1. The van der Waals surface area contributed by atoms with E-state index < -0.39 is 10.5 Å². The fraction of sp³-hybridized carbons (Fsp3) is 0.583. The first-order chi connectivity index (χ1) is 9.00. The number of aliphatic hydroxyl groups is 1. The molecule has 7 heteroatoms. The van der Waals surface area contributed by atoms with Gasteiger partial charge >= 0.3 is 0 Å². The van der Waals surface area contributed by atoms with E-state index >= 15 is 0 Å². The van der Waals surface area contributed by atoms with E-state index in [1.807, 2.05) is 11.8 Å². The number of anilines is 1. The average molecular weight is 283 g/mol. The monoisotopic (exact) mass is 283 g/mol. The van der Waals surface area contributed by atoms with Crippen molar-refractivity contribution < 1.29 is 10.0 Å². The Morgan fingerprint density at radius 2 is 2.26 bits per heavy atom. The SMILES string of the molecule is Cc1cc(NCC2(O)CCSCC2)ncc1[N+](=O)[O-]. The van der Waals surface area contributed by atoms with Crippen LogP contribution < -0.4 is 5.32 Å². The lowest BCUT2D eigenvalue weighted by atomic mass is 9.97. The Kier molecular flexibility index (Phi) is 4.26. The van der Waals surface area contributed by atoms with Crippen molar-refractivity contribution in [3.05, 3.63) is 27.9 Å². The summed E-state index contributed by atoms with van der Waals surface area (Å²) in [5.74, 6) is 2.49. The normalized spacial score (nSPS) is 18.0. The molecule has 1 aromatic rings. The van der Waals surface area contributed by atoms with E-state index in [1.54, 1.807) is 13.0 Å². The molecule has 1 aliphatic rings. The van der Waals surface area contributed by atoms with E-state index in [9.17, 15) is 15.2 Å². The Morgan fingerprint density at radius 1 is 1.58 bits per heavy atom. The van der Waals surface area contributed by atoms with Crippen LogP contribution in [0, 0.1) is 17.0 Å². The minimum Gasteiger partial charge on any atom is -0.388 e. The fourth-order valence-electron chi connectivity index (χ4n) is 2.02. The van der Waals surface area contributed by atoms with Crippen molar-refractivity contribution in [2.24, 2.45) is 0 Å². The van der Waals surface area contributed by atoms with Gasteiger partial charge in [0.1, 0.15) is 12.0 Å². The molecule has 0 aliphatic carbocycles. The zero-order valence-corrected chi connectivity index (χ0v) is 11.6. The first-order valence-electron chi connectivity index (χ1n) is 6.15. The summed E-state index contributed by atoms with van der Waals surface area (Å²) >= 11 is 1.85. The molecule has 19 heavy (non-hydrogen) atoms. The van der Waals surface area contributed by atoms with Crippen LogP contribution in [-0.4, -0.2) is 38.7 Å². The Hall–Kier alpha value is -1.34. The smallest absolute Gasteiger partial charge is 0.290 e. The molecule has 0 unspecified atom stereocenters. The molecule has 2 heterocycles. The van der Waals surface area contributed by atoms with Crippen molar-refractivity contribution in [3.63, 3.8) is 0 Å². The average Bonchev–Trinajstić information content (AvgIpc) is 2.37. The number of aromatic nitrogens is 1. The maximum atomic E-state index is 10.7. The van der Waals surface area contributed by atoms with Gasteiger partial charge in [0.2, 0.25) is 0 Å². The van der Waals surface area contributed by atoms with E-state index in [0.29, 0.717) is 17.9 Å². The second-order valence-electron chi connectivity index (χ2n) is 4.80. The van der Waals surface area contributed by atoms with Gasteiger partial charge in [-0.2, -0.15) is 11.8 Å². The Balaban J connectivity index is 2.00. The highest BCUT2D eigenvalue weighted by molar-refractivity contribution is 7.99. The second-order valence-corrected chi connectivity index (χ2v) is 6.03. The Labute approximate surface area is 115 Å². The Morgan fingerprint density at radius 3 is 2.84 bits per heavy atom. The van der Waals surface area contributed by atoms with Gasteiger partial charge in [-0.05, 0) is 37.3 Å². The Bertz CT molecular complexity index is 475. The summed E-state index contributed by atoms with van der Waals surface area (Å²) in [5.41, 5.74) is -0.116. The lowest BCUT2D eigenvalue weighted by molar-refractivity contribution is -0.385. The lowest BCUT2D eigenvalue weighted by Crippen LogP contribution is -2.40. The largest absolute Gasteiger partial charge is 0.388 e. The van der Waals surface area contributed by atoms with Gasteiger partial charge in [0, 0.05) is 12.1 Å². The number of aryl methyl sites for hydroxylation is 1. The topological polar surface area (TPSA) is 88.3 Å². The van der Waals surface area contributed by atoms with Crippen LogP contribution in [0.15, 0.2) is 12.3 Å². The van der Waals surface area contributed by atoms with Crippen LogP contribution in [0.3, 0.4) is 0 Å². The fourth-order valence-corrected chi connectivity index (χ4v) is 3.27. The number of pyridine rings is 1. The third-order valence-electron chi connectivity index (χ3n) is 3.30. The van der Waals surface area contributed by atoms with Gasteiger partial charge in [-0.15, -0.1) is 0 Å². The maximum absolute atomic E-state index is 10.7. The van der Waals surface area contributed by atoms with Crippen molar-refractivity contribution in [3.8, 4) is 0 Å². The summed E-state index contributed by atoms with van der Waals surface area (Å²) < 4.78 is 0. The van der Waals surface area contributed by atoms with Crippen molar-refractivity contribution >= 4 is 23.3 Å². The second kappa shape index (κ2) is 5.75. The maximum Gasteiger partial charge on any atom is 0.290 e. The summed E-state index contributed by atoms with van der Waals surface area (Å²) in [6.45, 7) is 2.11. The molecular formula is C12H17N3O3S. The third-order valence-corrected chi connectivity index (χ3v) is 4.29. The molecule has 1 aromatic heterocycles. The van der Waals surface area contributed by atoms with Gasteiger partial charge in [-0.1, -0.05) is 0 Å². The highest BCUT2D eigenvalue weighted by Crippen LogP contribution is 2.27. The number of rotatable bonds is 4. The zero-order chi connectivity index (χ0) is 13.9. The van der Waals surface area contributed by atoms with E-state index in [4.69, 9.17) is 0 Å². The number of thioether (sulfide) groups is 1. The first-order valence-corrected chi connectivity index (χ1v) is 7.31. The molecule has 0 radical (unpaired) electrons. The van der Waals surface area contributed by atoms with Gasteiger partial charge in [0.15, 0.2) is 0 Å². The van der Waals surface area contributed by atoms with Gasteiger partial charge in [-0.3, -0.25) is 10.1 Å². The number of hydrogen-bond donors (Lipinski definition) is 2. The first kappa shape index (κ1) is 14.1. The minimum absolute atomic E-state index is 0.0123. The minimum atomic E-state index is -0.692. The van der Waals surface area contributed by atoms with Crippen LogP contribution in [0.1, 0.15) is 18.4 Å². The highest BCUT2D eigenvalue weighted by atomic mass is 32.2. The van der Waals surface area contributed by atoms with Gasteiger partial charge in [0.25, 0.3) is 5.69 Å². The number of hydrogen-bond acceptors (Lipinski definition) is 6. The van der Waals surface area contributed by atoms with Gasteiger partial charge < -0.3 is 10.4 Å². The summed E-state index contributed by atoms with van der Waals surface area (Å²) in [6, 6.07) is 1.64. The van der Waals surface area contributed by atoms with Crippen molar-refractivity contribution in [1.82, 2.24) is 4.98 Å². The van der Waals surface area contributed by atoms with E-state index in [-0.39, 0.29) is 5.69 Å². The molecule has 2 N–H and O–H groups in total. The molecule has 0 saturated carbocycles. The molecular weight excluding hydrogens is 266 g/mol. The molecule has 1 aliphatic heterocycles. The standard InChI is InChI=1S/C12H17N3O3S/c1-9-6-11(13-7-10(9)15(17)18)14-8-12(16)2-4-19-5-3-12/h6-7,16H,2-5,8H2,1H3,(H,13,14). The van der Waals surface area contributed by atoms with Crippen LogP contribution in [0.25, 0.3) is 0 Å². The molecule has 1 fully saturated rings. The van der Waals surface area contributed by atoms with Crippen LogP contribution in [-0.2, 0) is 0 Å². The molecule has 0 amide bonds. The number of nitro groups is 1. The molecule has 2 rings (SSSR count). The summed E-state index contributed by atoms with van der Waals surface area (Å²) in [4.78, 5) is 14.3. The molecule has 0 atom stereocenters. The van der Waals surface area contributed by atoms with Gasteiger partial charge in [-0.25, -0.2) is 4.98 Å². The number of nitrogens with zero attached hydrogens (tertiary/aromatic N) is 2. The van der Waals surface area contributed by atoms with E-state index in [1.165, 1.54) is 6.20 Å². The quantitative estimate of drug-likeness (QED) is 0.649. The van der Waals surface area contributed by atoms with Crippen LogP contribution in [0.5, 0.6) is 0 Å².